The summed E-state index contributed by atoms with van der Waals surface area (Å²) in [4.78, 5) is 23.6. The Morgan fingerprint density at radius 2 is 1.77 bits per heavy atom. The van der Waals surface area contributed by atoms with Crippen molar-refractivity contribution in [2.24, 2.45) is 0 Å². The third-order valence-corrected chi connectivity index (χ3v) is 4.18. The van der Waals surface area contributed by atoms with Crippen LogP contribution in [0, 0.1) is 0 Å². The van der Waals surface area contributed by atoms with Gasteiger partial charge in [-0.15, -0.1) is 0 Å². The van der Waals surface area contributed by atoms with E-state index in [1.54, 1.807) is 25.3 Å². The van der Waals surface area contributed by atoms with Gasteiger partial charge in [-0.2, -0.15) is 0 Å². The second-order valence-corrected chi connectivity index (χ2v) is 8.01. The minimum absolute atomic E-state index is 0.156. The number of ether oxygens (including phenoxy) is 2. The van der Waals surface area contributed by atoms with Crippen LogP contribution in [-0.2, 0) is 11.4 Å². The molecule has 0 fully saturated rings. The van der Waals surface area contributed by atoms with E-state index >= 15 is 0 Å². The van der Waals surface area contributed by atoms with Crippen LogP contribution in [0.2, 0.25) is 0 Å². The van der Waals surface area contributed by atoms with Crippen molar-refractivity contribution in [3.63, 3.8) is 0 Å². The Bertz CT molecular complexity index is 850. The van der Waals surface area contributed by atoms with Crippen molar-refractivity contribution in [2.45, 2.75) is 19.1 Å². The molecule has 3 N–H and O–H groups in total. The number of benzene rings is 2. The first-order valence-electron chi connectivity index (χ1n) is 9.61. The number of rotatable bonds is 10. The van der Waals surface area contributed by atoms with Gasteiger partial charge in [0, 0.05) is 11.8 Å². The number of nitrogens with zero attached hydrogens (tertiary/aromatic N) is 1. The summed E-state index contributed by atoms with van der Waals surface area (Å²) >= 11 is 0. The maximum Gasteiger partial charge on any atom is 0.319 e. The van der Waals surface area contributed by atoms with Crippen molar-refractivity contribution in [3.8, 4) is 11.5 Å². The molecule has 2 aromatic rings. The highest BCUT2D eigenvalue weighted by molar-refractivity contribution is 5.90. The van der Waals surface area contributed by atoms with Gasteiger partial charge in [0.15, 0.2) is 11.5 Å². The lowest BCUT2D eigenvalue weighted by molar-refractivity contribution is -0.871. The molecule has 0 aliphatic rings. The molecule has 2 rings (SSSR count). The summed E-state index contributed by atoms with van der Waals surface area (Å²) in [5, 5.41) is 14.6. The van der Waals surface area contributed by atoms with Gasteiger partial charge >= 0.3 is 12.0 Å². The van der Waals surface area contributed by atoms with Gasteiger partial charge in [0.1, 0.15) is 6.61 Å². The Kier molecular flexibility index (Phi) is 8.06. The number of aliphatic carboxylic acids is 1. The van der Waals surface area contributed by atoms with E-state index in [4.69, 9.17) is 14.6 Å². The highest BCUT2D eigenvalue weighted by Gasteiger charge is 2.23. The number of urea groups is 1. The number of carbonyl (C=O) groups is 2. The fourth-order valence-corrected chi connectivity index (χ4v) is 2.99. The SMILES string of the molecule is COc1ccc(NC(=O)N[C@H](CC(=O)O)C[N+](C)(C)C)cc1OCc1ccccc1. The second kappa shape index (κ2) is 10.5. The molecule has 0 bridgehead atoms. The molecule has 8 heteroatoms. The number of carboxylic acid groups (broad SMARTS) is 1. The summed E-state index contributed by atoms with van der Waals surface area (Å²) in [6.07, 6.45) is -0.156. The lowest BCUT2D eigenvalue weighted by Crippen LogP contribution is -2.50. The van der Waals surface area contributed by atoms with Gasteiger partial charge in [-0.25, -0.2) is 4.79 Å². The number of carboxylic acids is 1. The number of likely N-dealkylation sites (N-methyl/N-ethyl adjacent to an activating group) is 1. The molecule has 0 aliphatic heterocycles. The van der Waals surface area contributed by atoms with Crippen LogP contribution in [0.3, 0.4) is 0 Å². The molecule has 2 aromatic carbocycles. The summed E-state index contributed by atoms with van der Waals surface area (Å²) in [6.45, 7) is 0.838. The zero-order valence-corrected chi connectivity index (χ0v) is 17.8. The highest BCUT2D eigenvalue weighted by atomic mass is 16.5. The lowest BCUT2D eigenvalue weighted by Gasteiger charge is -2.29. The van der Waals surface area contributed by atoms with Crippen LogP contribution in [-0.4, -0.2) is 62.4 Å². The van der Waals surface area contributed by atoms with Gasteiger partial charge in [-0.05, 0) is 17.7 Å². The zero-order valence-electron chi connectivity index (χ0n) is 17.8. The third-order valence-electron chi connectivity index (χ3n) is 4.18. The number of anilines is 1. The van der Waals surface area contributed by atoms with Gasteiger partial charge in [0.25, 0.3) is 0 Å². The maximum absolute atomic E-state index is 12.4. The third kappa shape index (κ3) is 8.00. The predicted molar refractivity (Wildman–Crippen MR) is 115 cm³/mol. The number of carbonyl (C=O) groups excluding carboxylic acids is 1. The lowest BCUT2D eigenvalue weighted by atomic mass is 10.2. The van der Waals surface area contributed by atoms with Crippen LogP contribution in [0.1, 0.15) is 12.0 Å². The number of methoxy groups -OCH3 is 1. The molecule has 1 atom stereocenters. The van der Waals surface area contributed by atoms with Gasteiger partial charge in [-0.3, -0.25) is 4.79 Å². The summed E-state index contributed by atoms with van der Waals surface area (Å²) in [5.41, 5.74) is 1.52. The molecule has 0 saturated carbocycles. The smallest absolute Gasteiger partial charge is 0.319 e. The van der Waals surface area contributed by atoms with E-state index in [1.807, 2.05) is 51.5 Å². The number of hydrogen-bond acceptors (Lipinski definition) is 4. The normalized spacial score (nSPS) is 12.0. The zero-order chi connectivity index (χ0) is 22.1. The van der Waals surface area contributed by atoms with Crippen LogP contribution in [0.25, 0.3) is 0 Å². The Morgan fingerprint density at radius 3 is 2.37 bits per heavy atom. The number of quaternary nitrogens is 1. The van der Waals surface area contributed by atoms with E-state index in [0.717, 1.165) is 5.56 Å². The topological polar surface area (TPSA) is 96.9 Å². The molecule has 8 nitrogen and oxygen atoms in total. The predicted octanol–water partition coefficient (Wildman–Crippen LogP) is 2.95. The average Bonchev–Trinajstić information content (AvgIpc) is 2.65. The van der Waals surface area contributed by atoms with E-state index in [-0.39, 0.29) is 6.42 Å². The Labute approximate surface area is 177 Å². The number of nitrogens with one attached hydrogen (secondary N) is 2. The molecule has 0 radical (unpaired) electrons. The number of hydrogen-bond donors (Lipinski definition) is 3. The van der Waals surface area contributed by atoms with Crippen molar-refractivity contribution in [3.05, 3.63) is 54.1 Å². The monoisotopic (exact) mass is 416 g/mol. The maximum atomic E-state index is 12.4. The molecule has 30 heavy (non-hydrogen) atoms. The Balaban J connectivity index is 2.05. The van der Waals surface area contributed by atoms with Gasteiger partial charge in [-0.1, -0.05) is 30.3 Å². The number of amides is 2. The molecule has 162 valence electrons. The van der Waals surface area contributed by atoms with Crippen molar-refractivity contribution in [1.82, 2.24) is 5.32 Å². The van der Waals surface area contributed by atoms with Crippen LogP contribution >= 0.6 is 0 Å². The van der Waals surface area contributed by atoms with Crippen LogP contribution < -0.4 is 20.1 Å². The van der Waals surface area contributed by atoms with E-state index in [9.17, 15) is 9.59 Å². The highest BCUT2D eigenvalue weighted by Crippen LogP contribution is 2.31. The summed E-state index contributed by atoms with van der Waals surface area (Å²) in [5.74, 6) is 0.0769. The second-order valence-electron chi connectivity index (χ2n) is 8.01. The van der Waals surface area contributed by atoms with Crippen LogP contribution in [0.5, 0.6) is 11.5 Å². The van der Waals surface area contributed by atoms with Crippen molar-refractivity contribution in [2.75, 3.05) is 40.1 Å². The summed E-state index contributed by atoms with van der Waals surface area (Å²) in [7, 11) is 7.36. The van der Waals surface area contributed by atoms with E-state index in [0.29, 0.717) is 34.8 Å². The summed E-state index contributed by atoms with van der Waals surface area (Å²) < 4.78 is 11.7. The molecule has 0 aromatic heterocycles. The fraction of sp³-hybridized carbons (Fsp3) is 0.364. The first-order chi connectivity index (χ1) is 14.2. The molecular formula is C22H30N3O5+. The van der Waals surface area contributed by atoms with E-state index < -0.39 is 18.0 Å². The minimum Gasteiger partial charge on any atom is -0.493 e. The van der Waals surface area contributed by atoms with Crippen LogP contribution in [0.15, 0.2) is 48.5 Å². The molecule has 0 unspecified atom stereocenters. The van der Waals surface area contributed by atoms with E-state index in [1.165, 1.54) is 0 Å². The summed E-state index contributed by atoms with van der Waals surface area (Å²) in [6, 6.07) is 13.8. The average molecular weight is 416 g/mol. The molecule has 0 saturated heterocycles. The first kappa shape index (κ1) is 23.0. The standard InChI is InChI=1S/C22H29N3O5/c1-25(2,3)14-18(13-21(26)27)24-22(28)23-17-10-11-19(29-4)20(12-17)30-15-16-8-6-5-7-9-16/h5-12,18H,13-15H2,1-4H3,(H2-,23,24,26,27,28)/p+1/t18-/m1/s1. The molecule has 0 spiro atoms. The van der Waals surface area contributed by atoms with Crippen molar-refractivity contribution >= 4 is 17.7 Å². The van der Waals surface area contributed by atoms with Gasteiger partial charge < -0.3 is 29.7 Å². The molecule has 0 heterocycles. The largest absolute Gasteiger partial charge is 0.493 e. The van der Waals surface area contributed by atoms with E-state index in [2.05, 4.69) is 10.6 Å². The van der Waals surface area contributed by atoms with Crippen LogP contribution in [0.4, 0.5) is 10.5 Å². The molecule has 2 amide bonds. The first-order valence-corrected chi connectivity index (χ1v) is 9.61. The molecular weight excluding hydrogens is 386 g/mol. The van der Waals surface area contributed by atoms with Crippen molar-refractivity contribution in [1.29, 1.82) is 0 Å². The minimum atomic E-state index is -0.963. The Morgan fingerprint density at radius 1 is 1.07 bits per heavy atom. The quantitative estimate of drug-likeness (QED) is 0.518. The van der Waals surface area contributed by atoms with Gasteiger partial charge in [0.05, 0.1) is 47.3 Å². The Hall–Kier alpha value is -3.26. The fourth-order valence-electron chi connectivity index (χ4n) is 2.99. The van der Waals surface area contributed by atoms with Crippen molar-refractivity contribution < 1.29 is 28.7 Å². The van der Waals surface area contributed by atoms with Gasteiger partial charge in [0.2, 0.25) is 0 Å². The molecule has 0 aliphatic carbocycles.